The van der Waals surface area contributed by atoms with Gasteiger partial charge in [0.25, 0.3) is 5.91 Å². The quantitative estimate of drug-likeness (QED) is 0.695. The molecule has 1 aliphatic heterocycles. The third-order valence-corrected chi connectivity index (χ3v) is 4.89. The number of hydrogen-bond donors (Lipinski definition) is 0. The van der Waals surface area contributed by atoms with Gasteiger partial charge in [-0.2, -0.15) is 0 Å². The van der Waals surface area contributed by atoms with E-state index in [1.165, 1.54) is 0 Å². The first-order valence-electron chi connectivity index (χ1n) is 9.32. The first kappa shape index (κ1) is 19.5. The van der Waals surface area contributed by atoms with Gasteiger partial charge in [-0.15, -0.1) is 0 Å². The number of hydrogen-bond acceptors (Lipinski definition) is 6. The van der Waals surface area contributed by atoms with Crippen molar-refractivity contribution in [1.29, 1.82) is 0 Å². The van der Waals surface area contributed by atoms with Gasteiger partial charge in [-0.25, -0.2) is 9.97 Å². The molecule has 1 amide bonds. The molecule has 0 bridgehead atoms. The van der Waals surface area contributed by atoms with Gasteiger partial charge in [-0.05, 0) is 32.8 Å². The Kier molecular flexibility index (Phi) is 6.58. The molecule has 7 heteroatoms. The van der Waals surface area contributed by atoms with Crippen LogP contribution >= 0.6 is 0 Å². The van der Waals surface area contributed by atoms with E-state index in [1.54, 1.807) is 19.4 Å². The van der Waals surface area contributed by atoms with E-state index in [0.717, 1.165) is 36.5 Å². The largest absolute Gasteiger partial charge is 0.469 e. The average Bonchev–Trinajstić information content (AvgIpc) is 3.11. The third kappa shape index (κ3) is 4.73. The van der Waals surface area contributed by atoms with E-state index in [-0.39, 0.29) is 11.8 Å². The molecule has 1 unspecified atom stereocenters. The fourth-order valence-electron chi connectivity index (χ4n) is 3.46. The number of carbonyl (C=O) groups excluding carboxylic acids is 1. The number of amides is 1. The van der Waals surface area contributed by atoms with Crippen molar-refractivity contribution in [2.24, 2.45) is 0 Å². The Morgan fingerprint density at radius 3 is 2.96 bits per heavy atom. The molecule has 1 aliphatic rings. The van der Waals surface area contributed by atoms with Gasteiger partial charge in [0.15, 0.2) is 0 Å². The van der Waals surface area contributed by atoms with Crippen LogP contribution in [0, 0.1) is 13.8 Å². The van der Waals surface area contributed by atoms with E-state index in [4.69, 9.17) is 18.9 Å². The minimum Gasteiger partial charge on any atom is -0.469 e. The number of nitrogens with zero attached hydrogens (tertiary/aromatic N) is 3. The highest BCUT2D eigenvalue weighted by atomic mass is 16.5. The molecule has 0 spiro atoms. The average molecular weight is 373 g/mol. The standard InChI is InChI=1S/C20H27N3O4/c1-14-18(6-8-27-14)20(24)23-7-4-5-16(12-23)19-17(11-21-15(2)22-19)13-26-10-9-25-3/h6,8,11,16H,4-5,7,9-10,12-13H2,1-3H3. The lowest BCUT2D eigenvalue weighted by atomic mass is 9.91. The summed E-state index contributed by atoms with van der Waals surface area (Å²) in [6.07, 6.45) is 5.34. The van der Waals surface area contributed by atoms with Gasteiger partial charge in [0, 0.05) is 37.9 Å². The van der Waals surface area contributed by atoms with Crippen LogP contribution in [0.1, 0.15) is 52.0 Å². The van der Waals surface area contributed by atoms with Crippen molar-refractivity contribution < 1.29 is 18.7 Å². The number of aryl methyl sites for hydroxylation is 2. The Morgan fingerprint density at radius 1 is 1.37 bits per heavy atom. The van der Waals surface area contributed by atoms with Crippen LogP contribution in [0.3, 0.4) is 0 Å². The summed E-state index contributed by atoms with van der Waals surface area (Å²) in [5.41, 5.74) is 2.61. The smallest absolute Gasteiger partial charge is 0.257 e. The monoisotopic (exact) mass is 373 g/mol. The molecule has 146 valence electrons. The number of methoxy groups -OCH3 is 1. The molecule has 0 N–H and O–H groups in total. The number of likely N-dealkylation sites (tertiary alicyclic amines) is 1. The van der Waals surface area contributed by atoms with Crippen LogP contribution in [-0.4, -0.2) is 54.2 Å². The second kappa shape index (κ2) is 9.10. The second-order valence-electron chi connectivity index (χ2n) is 6.85. The van der Waals surface area contributed by atoms with Crippen LogP contribution in [0.15, 0.2) is 22.9 Å². The Balaban J connectivity index is 1.74. The highest BCUT2D eigenvalue weighted by Gasteiger charge is 2.29. The lowest BCUT2D eigenvalue weighted by Gasteiger charge is -2.33. The molecule has 0 aromatic carbocycles. The van der Waals surface area contributed by atoms with Gasteiger partial charge in [0.2, 0.25) is 0 Å². The highest BCUT2D eigenvalue weighted by Crippen LogP contribution is 2.29. The summed E-state index contributed by atoms with van der Waals surface area (Å²) in [6.45, 7) is 6.63. The number of ether oxygens (including phenoxy) is 2. The molecule has 0 radical (unpaired) electrons. The van der Waals surface area contributed by atoms with Gasteiger partial charge in [-0.1, -0.05) is 0 Å². The molecule has 0 saturated carbocycles. The van der Waals surface area contributed by atoms with Gasteiger partial charge in [-0.3, -0.25) is 4.79 Å². The molecule has 7 nitrogen and oxygen atoms in total. The molecule has 2 aromatic heterocycles. The zero-order valence-corrected chi connectivity index (χ0v) is 16.2. The molecule has 1 saturated heterocycles. The van der Waals surface area contributed by atoms with E-state index in [2.05, 4.69) is 4.98 Å². The molecule has 1 atom stereocenters. The van der Waals surface area contributed by atoms with Gasteiger partial charge >= 0.3 is 0 Å². The first-order valence-corrected chi connectivity index (χ1v) is 9.32. The lowest BCUT2D eigenvalue weighted by Crippen LogP contribution is -2.39. The molecule has 0 aliphatic carbocycles. The van der Waals surface area contributed by atoms with Crippen LogP contribution in [0.25, 0.3) is 0 Å². The predicted octanol–water partition coefficient (Wildman–Crippen LogP) is 2.87. The summed E-state index contributed by atoms with van der Waals surface area (Å²) in [7, 11) is 1.65. The normalized spacial score (nSPS) is 17.3. The van der Waals surface area contributed by atoms with Crippen molar-refractivity contribution in [3.8, 4) is 0 Å². The lowest BCUT2D eigenvalue weighted by molar-refractivity contribution is 0.0602. The second-order valence-corrected chi connectivity index (χ2v) is 6.85. The topological polar surface area (TPSA) is 77.7 Å². The maximum absolute atomic E-state index is 12.8. The van der Waals surface area contributed by atoms with E-state index >= 15 is 0 Å². The van der Waals surface area contributed by atoms with Crippen molar-refractivity contribution in [2.45, 2.75) is 39.2 Å². The van der Waals surface area contributed by atoms with Crippen LogP contribution in [-0.2, 0) is 16.1 Å². The number of aromatic nitrogens is 2. The molecule has 1 fully saturated rings. The fourth-order valence-corrected chi connectivity index (χ4v) is 3.46. The van der Waals surface area contributed by atoms with Crippen molar-refractivity contribution in [3.63, 3.8) is 0 Å². The molecule has 27 heavy (non-hydrogen) atoms. The number of carbonyl (C=O) groups is 1. The first-order chi connectivity index (χ1) is 13.1. The molecular formula is C20H27N3O4. The number of rotatable bonds is 7. The van der Waals surface area contributed by atoms with Gasteiger partial charge in [0.05, 0.1) is 37.3 Å². The van der Waals surface area contributed by atoms with Crippen molar-refractivity contribution in [3.05, 3.63) is 46.9 Å². The summed E-state index contributed by atoms with van der Waals surface area (Å²) in [4.78, 5) is 23.8. The summed E-state index contributed by atoms with van der Waals surface area (Å²) in [5, 5.41) is 0. The fraction of sp³-hybridized carbons (Fsp3) is 0.550. The van der Waals surface area contributed by atoms with E-state index in [9.17, 15) is 4.79 Å². The molecule has 3 heterocycles. The summed E-state index contributed by atoms with van der Waals surface area (Å²) in [6, 6.07) is 1.74. The van der Waals surface area contributed by atoms with Crippen molar-refractivity contribution in [1.82, 2.24) is 14.9 Å². The van der Waals surface area contributed by atoms with Crippen LogP contribution < -0.4 is 0 Å². The van der Waals surface area contributed by atoms with Crippen LogP contribution in [0.4, 0.5) is 0 Å². The molecular weight excluding hydrogens is 346 g/mol. The number of piperidine rings is 1. The Morgan fingerprint density at radius 2 is 2.22 bits per heavy atom. The summed E-state index contributed by atoms with van der Waals surface area (Å²) in [5.74, 6) is 1.60. The van der Waals surface area contributed by atoms with Crippen molar-refractivity contribution >= 4 is 5.91 Å². The van der Waals surface area contributed by atoms with Crippen LogP contribution in [0.2, 0.25) is 0 Å². The summed E-state index contributed by atoms with van der Waals surface area (Å²) < 4.78 is 16.0. The third-order valence-electron chi connectivity index (χ3n) is 4.89. The Labute approximate surface area is 159 Å². The number of furan rings is 1. The molecule has 3 rings (SSSR count). The maximum atomic E-state index is 12.8. The SMILES string of the molecule is COCCOCc1cnc(C)nc1C1CCCN(C(=O)c2ccoc2C)C1. The predicted molar refractivity (Wildman–Crippen MR) is 99.6 cm³/mol. The van der Waals surface area contributed by atoms with E-state index < -0.39 is 0 Å². The zero-order chi connectivity index (χ0) is 19.2. The van der Waals surface area contributed by atoms with Crippen LogP contribution in [0.5, 0.6) is 0 Å². The minimum absolute atomic E-state index is 0.0228. The maximum Gasteiger partial charge on any atom is 0.257 e. The minimum atomic E-state index is 0.0228. The molecule has 2 aromatic rings. The Bertz CT molecular complexity index is 774. The zero-order valence-electron chi connectivity index (χ0n) is 16.2. The van der Waals surface area contributed by atoms with Gasteiger partial charge in [0.1, 0.15) is 11.6 Å². The van der Waals surface area contributed by atoms with E-state index in [0.29, 0.717) is 37.7 Å². The van der Waals surface area contributed by atoms with Gasteiger partial charge < -0.3 is 18.8 Å². The highest BCUT2D eigenvalue weighted by molar-refractivity contribution is 5.95. The van der Waals surface area contributed by atoms with Crippen molar-refractivity contribution in [2.75, 3.05) is 33.4 Å². The summed E-state index contributed by atoms with van der Waals surface area (Å²) >= 11 is 0. The Hall–Kier alpha value is -2.25. The van der Waals surface area contributed by atoms with E-state index in [1.807, 2.05) is 24.9 Å².